The van der Waals surface area contributed by atoms with Crippen LogP contribution < -0.4 is 9.47 Å². The van der Waals surface area contributed by atoms with E-state index in [1.54, 1.807) is 6.07 Å². The molecule has 1 atom stereocenters. The average Bonchev–Trinajstić information content (AvgIpc) is 2.54. The quantitative estimate of drug-likeness (QED) is 0.788. The lowest BCUT2D eigenvalue weighted by atomic mass is 10.2. The molecular weight excluding hydrogens is 374 g/mol. The van der Waals surface area contributed by atoms with Crippen LogP contribution in [0.2, 0.25) is 0 Å². The van der Waals surface area contributed by atoms with Gasteiger partial charge in [0.05, 0.1) is 12.7 Å². The lowest BCUT2D eigenvalue weighted by Crippen LogP contribution is -2.45. The molecule has 0 amide bonds. The summed E-state index contributed by atoms with van der Waals surface area (Å²) in [6.45, 7) is 4.02. The zero-order valence-electron chi connectivity index (χ0n) is 12.2. The maximum atomic E-state index is 12.9. The Kier molecular flexibility index (Phi) is 4.63. The number of halogens is 1. The molecule has 2 aliphatic heterocycles. The van der Waals surface area contributed by atoms with Crippen LogP contribution in [0.15, 0.2) is 21.5 Å². The predicted octanol–water partition coefficient (Wildman–Crippen LogP) is 2.02. The number of rotatable bonds is 3. The molecule has 2 aliphatic rings. The van der Waals surface area contributed by atoms with Crippen LogP contribution in [0.25, 0.3) is 0 Å². The number of morpholine rings is 1. The Morgan fingerprint density at radius 1 is 1.23 bits per heavy atom. The second-order valence-corrected chi connectivity index (χ2v) is 7.95. The van der Waals surface area contributed by atoms with E-state index in [0.29, 0.717) is 48.9 Å². The molecule has 0 bridgehead atoms. The molecule has 2 heterocycles. The molecule has 1 fully saturated rings. The maximum absolute atomic E-state index is 12.9. The molecule has 0 N–H and O–H groups in total. The summed E-state index contributed by atoms with van der Waals surface area (Å²) < 4.78 is 44.3. The van der Waals surface area contributed by atoms with Gasteiger partial charge in [-0.1, -0.05) is 6.92 Å². The number of benzene rings is 1. The van der Waals surface area contributed by atoms with E-state index in [2.05, 4.69) is 15.9 Å². The number of nitrogens with zero attached hydrogens (tertiary/aromatic N) is 1. The number of hydrogen-bond acceptors (Lipinski definition) is 5. The van der Waals surface area contributed by atoms with Gasteiger partial charge < -0.3 is 14.2 Å². The van der Waals surface area contributed by atoms with E-state index in [1.165, 1.54) is 10.4 Å². The molecule has 122 valence electrons. The van der Waals surface area contributed by atoms with Crippen LogP contribution in [0.1, 0.15) is 13.3 Å². The summed E-state index contributed by atoms with van der Waals surface area (Å²) >= 11 is 3.34. The van der Waals surface area contributed by atoms with Crippen molar-refractivity contribution in [3.8, 4) is 11.5 Å². The van der Waals surface area contributed by atoms with Crippen molar-refractivity contribution in [2.75, 3.05) is 32.9 Å². The highest BCUT2D eigenvalue weighted by molar-refractivity contribution is 9.10. The van der Waals surface area contributed by atoms with Gasteiger partial charge >= 0.3 is 0 Å². The molecule has 0 aromatic heterocycles. The normalized spacial score (nSPS) is 22.5. The van der Waals surface area contributed by atoms with Crippen LogP contribution in [0.3, 0.4) is 0 Å². The summed E-state index contributed by atoms with van der Waals surface area (Å²) in [7, 11) is -3.60. The van der Waals surface area contributed by atoms with Crippen molar-refractivity contribution < 1.29 is 22.6 Å². The Morgan fingerprint density at radius 3 is 2.59 bits per heavy atom. The maximum Gasteiger partial charge on any atom is 0.244 e. The molecule has 1 aromatic carbocycles. The second-order valence-electron chi connectivity index (χ2n) is 5.19. The first kappa shape index (κ1) is 16.0. The molecule has 1 saturated heterocycles. The number of ether oxygens (including phenoxy) is 3. The summed E-state index contributed by atoms with van der Waals surface area (Å²) in [6.07, 6.45) is 0.730. The van der Waals surface area contributed by atoms with Crippen molar-refractivity contribution in [1.29, 1.82) is 0 Å². The second kappa shape index (κ2) is 6.35. The van der Waals surface area contributed by atoms with E-state index in [4.69, 9.17) is 14.2 Å². The van der Waals surface area contributed by atoms with Crippen LogP contribution in [0.4, 0.5) is 0 Å². The van der Waals surface area contributed by atoms with Crippen molar-refractivity contribution in [3.05, 3.63) is 16.6 Å². The van der Waals surface area contributed by atoms with E-state index < -0.39 is 10.0 Å². The molecule has 0 spiro atoms. The van der Waals surface area contributed by atoms with E-state index >= 15 is 0 Å². The summed E-state index contributed by atoms with van der Waals surface area (Å²) in [6, 6.07) is 3.18. The average molecular weight is 392 g/mol. The molecule has 8 heteroatoms. The Labute approximate surface area is 138 Å². The van der Waals surface area contributed by atoms with E-state index in [-0.39, 0.29) is 11.0 Å². The van der Waals surface area contributed by atoms with Gasteiger partial charge in [0, 0.05) is 23.6 Å². The van der Waals surface area contributed by atoms with Gasteiger partial charge in [0.25, 0.3) is 0 Å². The van der Waals surface area contributed by atoms with Crippen LogP contribution in [0.5, 0.6) is 11.5 Å². The molecular formula is C14H18BrNO5S. The largest absolute Gasteiger partial charge is 0.486 e. The first-order valence-corrected chi connectivity index (χ1v) is 9.46. The third kappa shape index (κ3) is 2.97. The zero-order chi connectivity index (χ0) is 15.7. The van der Waals surface area contributed by atoms with Gasteiger partial charge in [-0.15, -0.1) is 0 Å². The lowest BCUT2D eigenvalue weighted by Gasteiger charge is -2.32. The number of sulfonamides is 1. The lowest BCUT2D eigenvalue weighted by molar-refractivity contribution is -0.00279. The van der Waals surface area contributed by atoms with Gasteiger partial charge in [-0.25, -0.2) is 8.42 Å². The zero-order valence-corrected chi connectivity index (χ0v) is 14.7. The predicted molar refractivity (Wildman–Crippen MR) is 83.9 cm³/mol. The van der Waals surface area contributed by atoms with Crippen molar-refractivity contribution in [1.82, 2.24) is 4.31 Å². The highest BCUT2D eigenvalue weighted by atomic mass is 79.9. The van der Waals surface area contributed by atoms with Crippen LogP contribution in [0, 0.1) is 0 Å². The minimum absolute atomic E-state index is 0.0560. The monoisotopic (exact) mass is 391 g/mol. The summed E-state index contributed by atoms with van der Waals surface area (Å²) in [5.74, 6) is 1.03. The van der Waals surface area contributed by atoms with Gasteiger partial charge in [-0.2, -0.15) is 4.31 Å². The van der Waals surface area contributed by atoms with E-state index in [9.17, 15) is 8.42 Å². The SMILES string of the molecule is CCC1CN(S(=O)(=O)c2cc3c(cc2Br)OCCO3)CCO1. The van der Waals surface area contributed by atoms with Gasteiger partial charge in [0.15, 0.2) is 11.5 Å². The minimum Gasteiger partial charge on any atom is -0.486 e. The first-order chi connectivity index (χ1) is 10.5. The number of hydrogen-bond donors (Lipinski definition) is 0. The molecule has 22 heavy (non-hydrogen) atoms. The Bertz CT molecular complexity index is 663. The van der Waals surface area contributed by atoms with Crippen molar-refractivity contribution in [2.45, 2.75) is 24.3 Å². The van der Waals surface area contributed by atoms with Crippen molar-refractivity contribution in [2.24, 2.45) is 0 Å². The first-order valence-electron chi connectivity index (χ1n) is 7.23. The van der Waals surface area contributed by atoms with E-state index in [1.807, 2.05) is 6.92 Å². The van der Waals surface area contributed by atoms with Gasteiger partial charge in [0.1, 0.15) is 18.1 Å². The molecule has 3 rings (SSSR count). The topological polar surface area (TPSA) is 65.1 Å². The summed E-state index contributed by atoms with van der Waals surface area (Å²) in [5, 5.41) is 0. The molecule has 0 saturated carbocycles. The summed E-state index contributed by atoms with van der Waals surface area (Å²) in [4.78, 5) is 0.202. The Morgan fingerprint density at radius 2 is 1.91 bits per heavy atom. The Balaban J connectivity index is 1.95. The third-order valence-corrected chi connectivity index (χ3v) is 6.59. The van der Waals surface area contributed by atoms with Gasteiger partial charge in [-0.05, 0) is 28.4 Å². The number of fused-ring (bicyclic) bond motifs is 1. The molecule has 0 aliphatic carbocycles. The Hall–Kier alpha value is -0.830. The fourth-order valence-corrected chi connectivity index (χ4v) is 4.99. The standard InChI is InChI=1S/C14H18BrNO5S/c1-2-10-9-16(3-4-19-10)22(17,18)14-8-13-12(7-11(14)15)20-5-6-21-13/h7-8,10H,2-6,9H2,1H3. The highest BCUT2D eigenvalue weighted by Gasteiger charge is 2.32. The molecule has 1 unspecified atom stereocenters. The van der Waals surface area contributed by atoms with Crippen LogP contribution >= 0.6 is 15.9 Å². The van der Waals surface area contributed by atoms with Crippen molar-refractivity contribution >= 4 is 26.0 Å². The fourth-order valence-electron chi connectivity index (χ4n) is 2.54. The van der Waals surface area contributed by atoms with Gasteiger partial charge in [0.2, 0.25) is 10.0 Å². The van der Waals surface area contributed by atoms with E-state index in [0.717, 1.165) is 6.42 Å². The third-order valence-electron chi connectivity index (χ3n) is 3.77. The fraction of sp³-hybridized carbons (Fsp3) is 0.571. The molecule has 0 radical (unpaired) electrons. The van der Waals surface area contributed by atoms with Crippen LogP contribution in [-0.4, -0.2) is 51.7 Å². The van der Waals surface area contributed by atoms with Crippen LogP contribution in [-0.2, 0) is 14.8 Å². The molecule has 6 nitrogen and oxygen atoms in total. The summed E-state index contributed by atoms with van der Waals surface area (Å²) in [5.41, 5.74) is 0. The molecule has 1 aromatic rings. The highest BCUT2D eigenvalue weighted by Crippen LogP contribution is 2.38. The smallest absolute Gasteiger partial charge is 0.244 e. The van der Waals surface area contributed by atoms with Crippen molar-refractivity contribution in [3.63, 3.8) is 0 Å². The van der Waals surface area contributed by atoms with Gasteiger partial charge in [-0.3, -0.25) is 0 Å². The minimum atomic E-state index is -3.60.